The minimum absolute atomic E-state index is 0.0532. The van der Waals surface area contributed by atoms with E-state index in [1.54, 1.807) is 0 Å². The molecule has 0 saturated heterocycles. The molecule has 5 heteroatoms. The molecule has 0 heterocycles. The Kier molecular flexibility index (Phi) is 4.73. The molecule has 1 rings (SSSR count). The summed E-state index contributed by atoms with van der Waals surface area (Å²) in [5, 5.41) is 7.25. The van der Waals surface area contributed by atoms with Crippen molar-refractivity contribution in [1.82, 2.24) is 0 Å². The molecule has 0 saturated carbocycles. The van der Waals surface area contributed by atoms with Crippen molar-refractivity contribution >= 4 is 17.6 Å². The number of benzene rings is 1. The maximum Gasteiger partial charge on any atom is 0.139 e. The first-order valence-corrected chi connectivity index (χ1v) is 5.85. The van der Waals surface area contributed by atoms with Gasteiger partial charge in [0.15, 0.2) is 0 Å². The standard InChI is InChI=1S/C11H14F2N2S/c1-2-8(6-11(14)15)16-10-4-3-7(12)5-9(10)13/h3-5,8H,2,6H2,1H3,(H3,14,15). The topological polar surface area (TPSA) is 49.9 Å². The van der Waals surface area contributed by atoms with Crippen LogP contribution >= 0.6 is 11.8 Å². The van der Waals surface area contributed by atoms with Gasteiger partial charge in [-0.2, -0.15) is 0 Å². The van der Waals surface area contributed by atoms with Gasteiger partial charge in [0.1, 0.15) is 11.6 Å². The molecule has 1 aromatic carbocycles. The van der Waals surface area contributed by atoms with Gasteiger partial charge in [-0.1, -0.05) is 6.92 Å². The molecule has 16 heavy (non-hydrogen) atoms. The molecular formula is C11H14F2N2S. The summed E-state index contributed by atoms with van der Waals surface area (Å²) in [6.07, 6.45) is 1.19. The molecule has 0 bridgehead atoms. The second kappa shape index (κ2) is 5.84. The highest BCUT2D eigenvalue weighted by molar-refractivity contribution is 8.00. The van der Waals surface area contributed by atoms with Crippen molar-refractivity contribution in [3.8, 4) is 0 Å². The molecule has 0 spiro atoms. The molecule has 0 aliphatic carbocycles. The van der Waals surface area contributed by atoms with Crippen LogP contribution in [-0.4, -0.2) is 11.1 Å². The fourth-order valence-corrected chi connectivity index (χ4v) is 2.37. The molecule has 0 amide bonds. The molecular weight excluding hydrogens is 230 g/mol. The third-order valence-electron chi connectivity index (χ3n) is 2.09. The molecule has 2 nitrogen and oxygen atoms in total. The van der Waals surface area contributed by atoms with Crippen LogP contribution in [0.1, 0.15) is 19.8 Å². The Balaban J connectivity index is 2.73. The lowest BCUT2D eigenvalue weighted by atomic mass is 10.2. The zero-order valence-corrected chi connectivity index (χ0v) is 9.78. The van der Waals surface area contributed by atoms with E-state index in [2.05, 4.69) is 0 Å². The Bertz CT molecular complexity index is 382. The van der Waals surface area contributed by atoms with Crippen molar-refractivity contribution in [2.24, 2.45) is 5.73 Å². The van der Waals surface area contributed by atoms with Crippen LogP contribution in [0.3, 0.4) is 0 Å². The summed E-state index contributed by atoms with van der Waals surface area (Å²) < 4.78 is 26.0. The predicted octanol–water partition coefficient (Wildman–Crippen LogP) is 3.16. The van der Waals surface area contributed by atoms with Crippen LogP contribution in [0.2, 0.25) is 0 Å². The summed E-state index contributed by atoms with van der Waals surface area (Å²) in [6.45, 7) is 1.95. The van der Waals surface area contributed by atoms with Gasteiger partial charge >= 0.3 is 0 Å². The largest absolute Gasteiger partial charge is 0.388 e. The highest BCUT2D eigenvalue weighted by Gasteiger charge is 2.13. The monoisotopic (exact) mass is 244 g/mol. The first kappa shape index (κ1) is 13.0. The summed E-state index contributed by atoms with van der Waals surface area (Å²) in [4.78, 5) is 0.398. The molecule has 1 atom stereocenters. The predicted molar refractivity (Wildman–Crippen MR) is 62.8 cm³/mol. The third kappa shape index (κ3) is 3.81. The van der Waals surface area contributed by atoms with Crippen LogP contribution in [-0.2, 0) is 0 Å². The molecule has 0 aliphatic rings. The Morgan fingerprint density at radius 1 is 1.50 bits per heavy atom. The van der Waals surface area contributed by atoms with Crippen molar-refractivity contribution in [2.45, 2.75) is 29.9 Å². The van der Waals surface area contributed by atoms with Crippen molar-refractivity contribution < 1.29 is 8.78 Å². The fourth-order valence-electron chi connectivity index (χ4n) is 1.26. The molecule has 3 N–H and O–H groups in total. The van der Waals surface area contributed by atoms with Gasteiger partial charge in [0.05, 0.1) is 5.84 Å². The van der Waals surface area contributed by atoms with Crippen molar-refractivity contribution in [3.05, 3.63) is 29.8 Å². The third-order valence-corrected chi connectivity index (χ3v) is 3.51. The van der Waals surface area contributed by atoms with Gasteiger partial charge in [0, 0.05) is 22.6 Å². The minimum atomic E-state index is -0.582. The first-order valence-electron chi connectivity index (χ1n) is 4.97. The minimum Gasteiger partial charge on any atom is -0.388 e. The second-order valence-electron chi connectivity index (χ2n) is 3.45. The number of halogens is 2. The Morgan fingerprint density at radius 2 is 2.19 bits per heavy atom. The van der Waals surface area contributed by atoms with Gasteiger partial charge in [-0.15, -0.1) is 11.8 Å². The van der Waals surface area contributed by atoms with E-state index in [4.69, 9.17) is 11.1 Å². The molecule has 0 radical (unpaired) electrons. The summed E-state index contributed by atoms with van der Waals surface area (Å²) in [5.41, 5.74) is 5.30. The molecule has 1 aromatic rings. The molecule has 0 aliphatic heterocycles. The van der Waals surface area contributed by atoms with E-state index in [1.807, 2.05) is 6.92 Å². The summed E-state index contributed by atoms with van der Waals surface area (Å²) >= 11 is 1.29. The number of hydrogen-bond donors (Lipinski definition) is 2. The maximum absolute atomic E-state index is 13.3. The van der Waals surface area contributed by atoms with Crippen LogP contribution < -0.4 is 5.73 Å². The summed E-state index contributed by atoms with van der Waals surface area (Å²) in [7, 11) is 0. The number of nitrogens with two attached hydrogens (primary N) is 1. The van der Waals surface area contributed by atoms with Gasteiger partial charge in [-0.05, 0) is 18.6 Å². The Labute approximate surface area is 97.7 Å². The first-order chi connectivity index (χ1) is 7.52. The molecule has 0 fully saturated rings. The average molecular weight is 244 g/mol. The number of thioether (sulfide) groups is 1. The SMILES string of the molecule is CCC(CC(=N)N)Sc1ccc(F)cc1F. The summed E-state index contributed by atoms with van der Waals surface area (Å²) in [5.74, 6) is -1.06. The van der Waals surface area contributed by atoms with Gasteiger partial charge in [-0.25, -0.2) is 8.78 Å². The van der Waals surface area contributed by atoms with E-state index >= 15 is 0 Å². The van der Waals surface area contributed by atoms with Crippen LogP contribution in [0.15, 0.2) is 23.1 Å². The number of amidine groups is 1. The van der Waals surface area contributed by atoms with Gasteiger partial charge < -0.3 is 5.73 Å². The van der Waals surface area contributed by atoms with Crippen LogP contribution in [0.5, 0.6) is 0 Å². The van der Waals surface area contributed by atoms with E-state index in [9.17, 15) is 8.78 Å². The average Bonchev–Trinajstić information content (AvgIpc) is 2.20. The van der Waals surface area contributed by atoms with Gasteiger partial charge in [0.2, 0.25) is 0 Å². The highest BCUT2D eigenvalue weighted by Crippen LogP contribution is 2.29. The van der Waals surface area contributed by atoms with Crippen LogP contribution in [0.4, 0.5) is 8.78 Å². The van der Waals surface area contributed by atoms with Gasteiger partial charge in [0.25, 0.3) is 0 Å². The quantitative estimate of drug-likeness (QED) is 0.475. The number of hydrogen-bond acceptors (Lipinski definition) is 2. The number of nitrogens with one attached hydrogen (secondary N) is 1. The van der Waals surface area contributed by atoms with E-state index < -0.39 is 11.6 Å². The summed E-state index contributed by atoms with van der Waals surface area (Å²) in [6, 6.07) is 3.51. The Morgan fingerprint density at radius 3 is 2.69 bits per heavy atom. The fraction of sp³-hybridized carbons (Fsp3) is 0.364. The lowest BCUT2D eigenvalue weighted by Crippen LogP contribution is -2.16. The van der Waals surface area contributed by atoms with Crippen molar-refractivity contribution in [1.29, 1.82) is 5.41 Å². The zero-order chi connectivity index (χ0) is 12.1. The Hall–Kier alpha value is -1.10. The molecule has 1 unspecified atom stereocenters. The lowest BCUT2D eigenvalue weighted by Gasteiger charge is -2.13. The number of rotatable bonds is 5. The van der Waals surface area contributed by atoms with E-state index in [0.29, 0.717) is 11.3 Å². The zero-order valence-electron chi connectivity index (χ0n) is 8.97. The van der Waals surface area contributed by atoms with Gasteiger partial charge in [-0.3, -0.25) is 5.41 Å². The van der Waals surface area contributed by atoms with Crippen LogP contribution in [0.25, 0.3) is 0 Å². The van der Waals surface area contributed by atoms with E-state index in [0.717, 1.165) is 12.5 Å². The lowest BCUT2D eigenvalue weighted by molar-refractivity contribution is 0.565. The van der Waals surface area contributed by atoms with Crippen molar-refractivity contribution in [3.63, 3.8) is 0 Å². The maximum atomic E-state index is 13.3. The van der Waals surface area contributed by atoms with E-state index in [-0.39, 0.29) is 11.1 Å². The molecule has 0 aromatic heterocycles. The second-order valence-corrected chi connectivity index (χ2v) is 4.79. The normalized spacial score (nSPS) is 12.4. The highest BCUT2D eigenvalue weighted by atomic mass is 32.2. The van der Waals surface area contributed by atoms with Crippen molar-refractivity contribution in [2.75, 3.05) is 0 Å². The van der Waals surface area contributed by atoms with E-state index in [1.165, 1.54) is 23.9 Å². The smallest absolute Gasteiger partial charge is 0.139 e. The molecule has 88 valence electrons. The van der Waals surface area contributed by atoms with Crippen LogP contribution in [0, 0.1) is 17.0 Å².